The number of amides is 1. The van der Waals surface area contributed by atoms with Crippen LogP contribution in [0, 0.1) is 2.88 Å². The number of ether oxygens (including phenoxy) is 1. The van der Waals surface area contributed by atoms with Crippen LogP contribution in [0.5, 0.6) is 5.75 Å². The minimum atomic E-state index is -0.0694. The molecule has 4 nitrogen and oxygen atoms in total. The number of hydrogen-bond donors (Lipinski definition) is 2. The molecule has 0 fully saturated rings. The highest BCUT2D eigenvalue weighted by molar-refractivity contribution is 14.1. The SMILES string of the molecule is Nc1ccc(OCCNC(=O)c2csc(I)c2)cc1. The second kappa shape index (κ2) is 6.76. The lowest BCUT2D eigenvalue weighted by atomic mass is 10.3. The molecule has 0 radical (unpaired) electrons. The molecule has 0 saturated carbocycles. The Labute approximate surface area is 129 Å². The Hall–Kier alpha value is -1.28. The monoisotopic (exact) mass is 388 g/mol. The summed E-state index contributed by atoms with van der Waals surface area (Å²) in [6, 6.07) is 9.03. The quantitative estimate of drug-likeness (QED) is 0.471. The van der Waals surface area contributed by atoms with Crippen molar-refractivity contribution >= 4 is 45.5 Å². The molecule has 3 N–H and O–H groups in total. The van der Waals surface area contributed by atoms with Crippen LogP contribution in [0.15, 0.2) is 35.7 Å². The number of nitrogens with one attached hydrogen (secondary N) is 1. The Kier molecular flexibility index (Phi) is 5.03. The van der Waals surface area contributed by atoms with Gasteiger partial charge in [-0.2, -0.15) is 0 Å². The molecule has 0 atom stereocenters. The number of anilines is 1. The summed E-state index contributed by atoms with van der Waals surface area (Å²) in [6.45, 7) is 0.895. The average molecular weight is 388 g/mol. The van der Waals surface area contributed by atoms with E-state index in [0.29, 0.717) is 24.4 Å². The highest BCUT2D eigenvalue weighted by Crippen LogP contribution is 2.16. The molecule has 1 amide bonds. The maximum Gasteiger partial charge on any atom is 0.252 e. The Bertz CT molecular complexity index is 554. The van der Waals surface area contributed by atoms with Crippen LogP contribution in [0.3, 0.4) is 0 Å². The third-order valence-corrected chi connectivity index (χ3v) is 4.16. The average Bonchev–Trinajstić information content (AvgIpc) is 2.83. The highest BCUT2D eigenvalue weighted by Gasteiger charge is 2.06. The van der Waals surface area contributed by atoms with Crippen molar-refractivity contribution in [3.05, 3.63) is 44.2 Å². The summed E-state index contributed by atoms with van der Waals surface area (Å²) in [5.74, 6) is 0.675. The lowest BCUT2D eigenvalue weighted by Crippen LogP contribution is -2.27. The Morgan fingerprint density at radius 2 is 2.11 bits per heavy atom. The van der Waals surface area contributed by atoms with E-state index in [9.17, 15) is 4.79 Å². The maximum absolute atomic E-state index is 11.7. The Morgan fingerprint density at radius 1 is 1.37 bits per heavy atom. The van der Waals surface area contributed by atoms with E-state index in [-0.39, 0.29) is 5.91 Å². The van der Waals surface area contributed by atoms with Gasteiger partial charge in [-0.25, -0.2) is 0 Å². The first-order valence-electron chi connectivity index (χ1n) is 5.66. The summed E-state index contributed by atoms with van der Waals surface area (Å²) in [4.78, 5) is 11.7. The lowest BCUT2D eigenvalue weighted by molar-refractivity contribution is 0.0947. The van der Waals surface area contributed by atoms with Crippen LogP contribution in [0.2, 0.25) is 0 Å². The molecule has 0 aliphatic rings. The second-order valence-corrected chi connectivity index (χ2v) is 6.62. The molecule has 2 rings (SSSR count). The molecule has 0 spiro atoms. The standard InChI is InChI=1S/C13H13IN2O2S/c14-12-7-9(8-19-12)13(17)16-5-6-18-11-3-1-10(15)2-4-11/h1-4,7-8H,5-6,15H2,(H,16,17). The number of thiophene rings is 1. The summed E-state index contributed by atoms with van der Waals surface area (Å²) < 4.78 is 6.58. The van der Waals surface area contributed by atoms with Gasteiger partial charge in [-0.15, -0.1) is 11.3 Å². The number of carbonyl (C=O) groups excluding carboxylic acids is 1. The zero-order valence-corrected chi connectivity index (χ0v) is 13.0. The predicted molar refractivity (Wildman–Crippen MR) is 85.7 cm³/mol. The Balaban J connectivity index is 1.72. The summed E-state index contributed by atoms with van der Waals surface area (Å²) in [5.41, 5.74) is 6.97. The number of carbonyl (C=O) groups is 1. The molecular formula is C13H13IN2O2S. The van der Waals surface area contributed by atoms with E-state index in [2.05, 4.69) is 27.9 Å². The van der Waals surface area contributed by atoms with E-state index < -0.39 is 0 Å². The van der Waals surface area contributed by atoms with Crippen LogP contribution >= 0.6 is 33.9 Å². The maximum atomic E-state index is 11.7. The van der Waals surface area contributed by atoms with Crippen molar-refractivity contribution in [1.82, 2.24) is 5.32 Å². The predicted octanol–water partition coefficient (Wildman–Crippen LogP) is 2.74. The first kappa shape index (κ1) is 14.1. The molecular weight excluding hydrogens is 375 g/mol. The van der Waals surface area contributed by atoms with Gasteiger partial charge < -0.3 is 15.8 Å². The second-order valence-electron chi connectivity index (χ2n) is 3.81. The molecule has 0 aliphatic heterocycles. The van der Waals surface area contributed by atoms with E-state index in [1.807, 2.05) is 11.4 Å². The van der Waals surface area contributed by atoms with Crippen molar-refractivity contribution in [2.45, 2.75) is 0 Å². The summed E-state index contributed by atoms with van der Waals surface area (Å²) in [6.07, 6.45) is 0. The molecule has 1 aromatic heterocycles. The van der Waals surface area contributed by atoms with Gasteiger partial charge in [-0.1, -0.05) is 0 Å². The molecule has 0 saturated heterocycles. The molecule has 0 unspecified atom stereocenters. The van der Waals surface area contributed by atoms with Crippen LogP contribution in [0.4, 0.5) is 5.69 Å². The number of nitrogen functional groups attached to an aromatic ring is 1. The third-order valence-electron chi connectivity index (χ3n) is 2.37. The minimum Gasteiger partial charge on any atom is -0.492 e. The fourth-order valence-electron chi connectivity index (χ4n) is 1.43. The van der Waals surface area contributed by atoms with Crippen molar-refractivity contribution in [3.63, 3.8) is 0 Å². The minimum absolute atomic E-state index is 0.0694. The van der Waals surface area contributed by atoms with E-state index >= 15 is 0 Å². The molecule has 2 aromatic rings. The molecule has 100 valence electrons. The van der Waals surface area contributed by atoms with E-state index in [1.54, 1.807) is 35.6 Å². The van der Waals surface area contributed by atoms with Crippen LogP contribution in [0.25, 0.3) is 0 Å². The number of rotatable bonds is 5. The highest BCUT2D eigenvalue weighted by atomic mass is 127. The van der Waals surface area contributed by atoms with Crippen molar-refractivity contribution in [3.8, 4) is 5.75 Å². The lowest BCUT2D eigenvalue weighted by Gasteiger charge is -2.07. The van der Waals surface area contributed by atoms with E-state index in [4.69, 9.17) is 10.5 Å². The summed E-state index contributed by atoms with van der Waals surface area (Å²) in [7, 11) is 0. The van der Waals surface area contributed by atoms with Gasteiger partial charge >= 0.3 is 0 Å². The summed E-state index contributed by atoms with van der Waals surface area (Å²) in [5, 5.41) is 4.65. The Morgan fingerprint density at radius 3 is 2.74 bits per heavy atom. The molecule has 0 aliphatic carbocycles. The van der Waals surface area contributed by atoms with Crippen molar-refractivity contribution in [2.75, 3.05) is 18.9 Å². The van der Waals surface area contributed by atoms with Gasteiger partial charge in [0.15, 0.2) is 0 Å². The molecule has 6 heteroatoms. The fraction of sp³-hybridized carbons (Fsp3) is 0.154. The van der Waals surface area contributed by atoms with Gasteiger partial charge in [0.1, 0.15) is 12.4 Å². The molecule has 0 bridgehead atoms. The molecule has 1 aromatic carbocycles. The summed E-state index contributed by atoms with van der Waals surface area (Å²) >= 11 is 3.75. The van der Waals surface area contributed by atoms with Crippen molar-refractivity contribution < 1.29 is 9.53 Å². The largest absolute Gasteiger partial charge is 0.492 e. The number of hydrogen-bond acceptors (Lipinski definition) is 4. The topological polar surface area (TPSA) is 64.3 Å². The zero-order valence-electron chi connectivity index (χ0n) is 10.1. The third kappa shape index (κ3) is 4.39. The zero-order chi connectivity index (χ0) is 13.7. The number of halogens is 1. The fourth-order valence-corrected chi connectivity index (χ4v) is 2.76. The van der Waals surface area contributed by atoms with Crippen molar-refractivity contribution in [1.29, 1.82) is 0 Å². The molecule has 1 heterocycles. The van der Waals surface area contributed by atoms with Crippen LogP contribution in [-0.4, -0.2) is 19.1 Å². The first-order valence-corrected chi connectivity index (χ1v) is 7.61. The van der Waals surface area contributed by atoms with Gasteiger partial charge in [-0.05, 0) is 52.9 Å². The normalized spacial score (nSPS) is 10.2. The van der Waals surface area contributed by atoms with Gasteiger partial charge in [-0.3, -0.25) is 4.79 Å². The van der Waals surface area contributed by atoms with Crippen LogP contribution in [0.1, 0.15) is 10.4 Å². The number of nitrogens with two attached hydrogens (primary N) is 1. The van der Waals surface area contributed by atoms with Gasteiger partial charge in [0.2, 0.25) is 0 Å². The van der Waals surface area contributed by atoms with Gasteiger partial charge in [0, 0.05) is 11.1 Å². The smallest absolute Gasteiger partial charge is 0.252 e. The van der Waals surface area contributed by atoms with Gasteiger partial charge in [0.25, 0.3) is 5.91 Å². The first-order chi connectivity index (χ1) is 9.15. The van der Waals surface area contributed by atoms with E-state index in [0.717, 1.165) is 8.63 Å². The number of benzene rings is 1. The van der Waals surface area contributed by atoms with Crippen LogP contribution in [-0.2, 0) is 0 Å². The van der Waals surface area contributed by atoms with Crippen LogP contribution < -0.4 is 15.8 Å². The molecule has 19 heavy (non-hydrogen) atoms. The van der Waals surface area contributed by atoms with Crippen molar-refractivity contribution in [2.24, 2.45) is 0 Å². The van der Waals surface area contributed by atoms with Gasteiger partial charge in [0.05, 0.1) is 15.0 Å². The van der Waals surface area contributed by atoms with E-state index in [1.165, 1.54) is 0 Å².